The average molecular weight is 332 g/mol. The summed E-state index contributed by atoms with van der Waals surface area (Å²) in [6.07, 6.45) is 0. The van der Waals surface area contributed by atoms with Gasteiger partial charge in [0.1, 0.15) is 16.5 Å². The van der Waals surface area contributed by atoms with Crippen LogP contribution in [0.3, 0.4) is 0 Å². The van der Waals surface area contributed by atoms with Crippen LogP contribution in [0, 0.1) is 11.6 Å². The van der Waals surface area contributed by atoms with Gasteiger partial charge in [-0.1, -0.05) is 6.07 Å². The molecule has 1 N–H and O–H groups in total. The van der Waals surface area contributed by atoms with Gasteiger partial charge in [-0.15, -0.1) is 11.3 Å². The summed E-state index contributed by atoms with van der Waals surface area (Å²) in [4.78, 5) is 12.3. The minimum Gasteiger partial charge on any atom is -0.347 e. The molecule has 2 nitrogen and oxygen atoms in total. The predicted molar refractivity (Wildman–Crippen MR) is 69.5 cm³/mol. The maximum absolute atomic E-state index is 13.3. The fourth-order valence-corrected chi connectivity index (χ4v) is 2.84. The molecule has 1 heterocycles. The number of amides is 1. The largest absolute Gasteiger partial charge is 0.347 e. The molecule has 0 bridgehead atoms. The van der Waals surface area contributed by atoms with E-state index in [0.29, 0.717) is 9.35 Å². The Morgan fingerprint density at radius 3 is 2.72 bits per heavy atom. The standard InChI is InChI=1S/C12H8BrF2NOS/c13-9-3-4-18-11(9)12(17)16-6-7-1-2-8(14)5-10(7)15/h1-5H,6H2,(H,16,17). The first-order valence-electron chi connectivity index (χ1n) is 5.03. The molecule has 2 aromatic rings. The zero-order valence-electron chi connectivity index (χ0n) is 9.04. The number of benzene rings is 1. The fourth-order valence-electron chi connectivity index (χ4n) is 1.38. The van der Waals surface area contributed by atoms with Crippen molar-refractivity contribution in [2.75, 3.05) is 0 Å². The molecule has 0 aliphatic rings. The molecule has 1 amide bonds. The minimum absolute atomic E-state index is 0.0231. The lowest BCUT2D eigenvalue weighted by Crippen LogP contribution is -2.22. The van der Waals surface area contributed by atoms with Crippen molar-refractivity contribution in [3.05, 3.63) is 56.2 Å². The van der Waals surface area contributed by atoms with Crippen molar-refractivity contribution in [1.82, 2.24) is 5.32 Å². The van der Waals surface area contributed by atoms with E-state index in [1.165, 1.54) is 17.4 Å². The third kappa shape index (κ3) is 2.94. The predicted octanol–water partition coefficient (Wildman–Crippen LogP) is 3.72. The van der Waals surface area contributed by atoms with Gasteiger partial charge in [-0.25, -0.2) is 8.78 Å². The van der Waals surface area contributed by atoms with E-state index in [-0.39, 0.29) is 18.0 Å². The fraction of sp³-hybridized carbons (Fsp3) is 0.0833. The van der Waals surface area contributed by atoms with Crippen LogP contribution in [-0.2, 0) is 6.54 Å². The minimum atomic E-state index is -0.666. The van der Waals surface area contributed by atoms with E-state index in [0.717, 1.165) is 12.1 Å². The lowest BCUT2D eigenvalue weighted by atomic mass is 10.2. The van der Waals surface area contributed by atoms with E-state index in [1.807, 2.05) is 0 Å². The van der Waals surface area contributed by atoms with Gasteiger partial charge >= 0.3 is 0 Å². The van der Waals surface area contributed by atoms with Crippen LogP contribution in [0.1, 0.15) is 15.2 Å². The molecule has 1 aromatic carbocycles. The Bertz CT molecular complexity index is 585. The molecule has 0 aliphatic carbocycles. The van der Waals surface area contributed by atoms with Crippen LogP contribution >= 0.6 is 27.3 Å². The third-order valence-electron chi connectivity index (χ3n) is 2.28. The van der Waals surface area contributed by atoms with Crippen molar-refractivity contribution >= 4 is 33.2 Å². The number of carbonyl (C=O) groups excluding carboxylic acids is 1. The summed E-state index contributed by atoms with van der Waals surface area (Å²) >= 11 is 4.53. The van der Waals surface area contributed by atoms with Crippen LogP contribution < -0.4 is 5.32 Å². The molecule has 0 spiro atoms. The molecule has 0 unspecified atom stereocenters. The monoisotopic (exact) mass is 331 g/mol. The van der Waals surface area contributed by atoms with Gasteiger partial charge in [-0.05, 0) is 33.4 Å². The van der Waals surface area contributed by atoms with Crippen LogP contribution in [0.2, 0.25) is 0 Å². The summed E-state index contributed by atoms with van der Waals surface area (Å²) in [5.41, 5.74) is 0.248. The van der Waals surface area contributed by atoms with Gasteiger partial charge in [0.15, 0.2) is 0 Å². The number of halogens is 3. The molecule has 0 fully saturated rings. The van der Waals surface area contributed by atoms with E-state index >= 15 is 0 Å². The molecule has 0 aliphatic heterocycles. The van der Waals surface area contributed by atoms with Crippen molar-refractivity contribution in [3.8, 4) is 0 Å². The highest BCUT2D eigenvalue weighted by molar-refractivity contribution is 9.10. The van der Waals surface area contributed by atoms with Crippen LogP contribution in [-0.4, -0.2) is 5.91 Å². The molecule has 6 heteroatoms. The highest BCUT2D eigenvalue weighted by atomic mass is 79.9. The summed E-state index contributed by atoms with van der Waals surface area (Å²) in [6, 6.07) is 5.03. The summed E-state index contributed by atoms with van der Waals surface area (Å²) in [5, 5.41) is 4.36. The van der Waals surface area contributed by atoms with E-state index in [9.17, 15) is 13.6 Å². The van der Waals surface area contributed by atoms with Gasteiger partial charge in [0.2, 0.25) is 0 Å². The molecule has 0 saturated heterocycles. The Morgan fingerprint density at radius 1 is 1.33 bits per heavy atom. The lowest BCUT2D eigenvalue weighted by Gasteiger charge is -2.05. The van der Waals surface area contributed by atoms with Gasteiger partial charge in [0, 0.05) is 22.6 Å². The molecular weight excluding hydrogens is 324 g/mol. The lowest BCUT2D eigenvalue weighted by molar-refractivity contribution is 0.0954. The van der Waals surface area contributed by atoms with Crippen LogP contribution in [0.5, 0.6) is 0 Å². The van der Waals surface area contributed by atoms with Crippen molar-refractivity contribution in [3.63, 3.8) is 0 Å². The second kappa shape index (κ2) is 5.58. The summed E-state index contributed by atoms with van der Waals surface area (Å²) in [6.45, 7) is 0.0231. The molecule has 94 valence electrons. The number of nitrogens with one attached hydrogen (secondary N) is 1. The SMILES string of the molecule is O=C(NCc1ccc(F)cc1F)c1sccc1Br. The summed E-state index contributed by atoms with van der Waals surface area (Å²) in [7, 11) is 0. The average Bonchev–Trinajstić information content (AvgIpc) is 2.74. The Hall–Kier alpha value is -1.27. The molecule has 0 radical (unpaired) electrons. The van der Waals surface area contributed by atoms with Crippen LogP contribution in [0.4, 0.5) is 8.78 Å². The maximum atomic E-state index is 13.3. The highest BCUT2D eigenvalue weighted by Gasteiger charge is 2.12. The van der Waals surface area contributed by atoms with Gasteiger partial charge < -0.3 is 5.32 Å². The summed E-state index contributed by atoms with van der Waals surface area (Å²) in [5.74, 6) is -1.59. The number of hydrogen-bond acceptors (Lipinski definition) is 2. The number of hydrogen-bond donors (Lipinski definition) is 1. The van der Waals surface area contributed by atoms with Gasteiger partial charge in [0.05, 0.1) is 0 Å². The topological polar surface area (TPSA) is 29.1 Å². The van der Waals surface area contributed by atoms with Gasteiger partial charge in [-0.3, -0.25) is 4.79 Å². The third-order valence-corrected chi connectivity index (χ3v) is 4.11. The Kier molecular flexibility index (Phi) is 4.08. The summed E-state index contributed by atoms with van der Waals surface area (Å²) < 4.78 is 26.7. The first-order valence-corrected chi connectivity index (χ1v) is 6.70. The van der Waals surface area contributed by atoms with Gasteiger partial charge in [-0.2, -0.15) is 0 Å². The normalized spacial score (nSPS) is 10.4. The number of carbonyl (C=O) groups is 1. The first kappa shape index (κ1) is 13.2. The molecule has 0 saturated carbocycles. The highest BCUT2D eigenvalue weighted by Crippen LogP contribution is 2.22. The van der Waals surface area contributed by atoms with Gasteiger partial charge in [0.25, 0.3) is 5.91 Å². The first-order chi connectivity index (χ1) is 8.58. The number of thiophene rings is 1. The smallest absolute Gasteiger partial charge is 0.262 e. The molecule has 0 atom stereocenters. The maximum Gasteiger partial charge on any atom is 0.262 e. The Labute approximate surface area is 115 Å². The van der Waals surface area contributed by atoms with E-state index < -0.39 is 11.6 Å². The van der Waals surface area contributed by atoms with Crippen molar-refractivity contribution in [2.45, 2.75) is 6.54 Å². The van der Waals surface area contributed by atoms with Crippen molar-refractivity contribution in [1.29, 1.82) is 0 Å². The zero-order chi connectivity index (χ0) is 13.1. The number of rotatable bonds is 3. The molecule has 1 aromatic heterocycles. The second-order valence-corrected chi connectivity index (χ2v) is 5.29. The van der Waals surface area contributed by atoms with Crippen molar-refractivity contribution < 1.29 is 13.6 Å². The Balaban J connectivity index is 2.04. The molecular formula is C12H8BrF2NOS. The quantitative estimate of drug-likeness (QED) is 0.912. The van der Waals surface area contributed by atoms with E-state index in [1.54, 1.807) is 11.4 Å². The van der Waals surface area contributed by atoms with E-state index in [4.69, 9.17) is 0 Å². The second-order valence-electron chi connectivity index (χ2n) is 3.52. The van der Waals surface area contributed by atoms with Crippen LogP contribution in [0.15, 0.2) is 34.1 Å². The molecule has 18 heavy (non-hydrogen) atoms. The zero-order valence-corrected chi connectivity index (χ0v) is 11.4. The van der Waals surface area contributed by atoms with Crippen LogP contribution in [0.25, 0.3) is 0 Å². The Morgan fingerprint density at radius 2 is 2.11 bits per heavy atom. The van der Waals surface area contributed by atoms with Crippen molar-refractivity contribution in [2.24, 2.45) is 0 Å². The van der Waals surface area contributed by atoms with E-state index in [2.05, 4.69) is 21.2 Å². The molecule has 2 rings (SSSR count).